The highest BCUT2D eigenvalue weighted by atomic mass is 16.2. The van der Waals surface area contributed by atoms with E-state index in [4.69, 9.17) is 0 Å². The summed E-state index contributed by atoms with van der Waals surface area (Å²) >= 11 is 0. The molecule has 1 aromatic heterocycles. The van der Waals surface area contributed by atoms with Crippen molar-refractivity contribution in [2.75, 3.05) is 22.1 Å². The summed E-state index contributed by atoms with van der Waals surface area (Å²) in [6.45, 7) is 1.50. The molecule has 0 spiro atoms. The number of H-pyrrole nitrogens is 1. The number of aromatic nitrogens is 2. The fourth-order valence-electron chi connectivity index (χ4n) is 3.16. The lowest BCUT2D eigenvalue weighted by Crippen LogP contribution is -2.42. The van der Waals surface area contributed by atoms with Crippen LogP contribution in [0.25, 0.3) is 0 Å². The normalized spacial score (nSPS) is 12.7. The van der Waals surface area contributed by atoms with Crippen LogP contribution in [-0.4, -0.2) is 34.2 Å². The van der Waals surface area contributed by atoms with E-state index in [1.165, 1.54) is 4.90 Å². The molecule has 3 aromatic rings. The summed E-state index contributed by atoms with van der Waals surface area (Å²) in [6.07, 6.45) is 0. The lowest BCUT2D eigenvalue weighted by atomic mass is 10.1. The number of para-hydroxylation sites is 2. The summed E-state index contributed by atoms with van der Waals surface area (Å²) in [4.78, 5) is 56.6. The van der Waals surface area contributed by atoms with Crippen molar-refractivity contribution in [3.05, 3.63) is 82.0 Å². The Kier molecular flexibility index (Phi) is 4.85. The molecule has 4 rings (SSSR count). The second-order valence-corrected chi connectivity index (χ2v) is 6.70. The molecule has 0 atom stereocenters. The molecule has 30 heavy (non-hydrogen) atoms. The Morgan fingerprint density at radius 2 is 1.80 bits per heavy atom. The second kappa shape index (κ2) is 7.63. The zero-order valence-corrected chi connectivity index (χ0v) is 15.9. The number of benzene rings is 2. The fourth-order valence-corrected chi connectivity index (χ4v) is 3.16. The van der Waals surface area contributed by atoms with E-state index in [0.29, 0.717) is 28.5 Å². The van der Waals surface area contributed by atoms with E-state index in [1.807, 2.05) is 0 Å². The average Bonchev–Trinajstić information content (AvgIpc) is 2.72. The minimum atomic E-state index is -0.537. The van der Waals surface area contributed by atoms with Crippen LogP contribution in [0, 0.1) is 6.92 Å². The van der Waals surface area contributed by atoms with Gasteiger partial charge in [0.05, 0.1) is 11.4 Å². The van der Waals surface area contributed by atoms with Gasteiger partial charge in [-0.1, -0.05) is 12.1 Å². The van der Waals surface area contributed by atoms with Gasteiger partial charge >= 0.3 is 0 Å². The van der Waals surface area contributed by atoms with Gasteiger partial charge in [-0.2, -0.15) is 0 Å². The van der Waals surface area contributed by atoms with E-state index in [2.05, 4.69) is 20.6 Å². The van der Waals surface area contributed by atoms with Crippen LogP contribution in [0.5, 0.6) is 0 Å². The Morgan fingerprint density at radius 1 is 1.07 bits per heavy atom. The van der Waals surface area contributed by atoms with Crippen LogP contribution in [0.15, 0.2) is 59.4 Å². The van der Waals surface area contributed by atoms with Crippen LogP contribution in [0.2, 0.25) is 0 Å². The quantitative estimate of drug-likeness (QED) is 0.616. The highest BCUT2D eigenvalue weighted by molar-refractivity contribution is 6.15. The minimum absolute atomic E-state index is 0.00709. The SMILES string of the molecule is Cc1nc(C(=O)Nc2ccc(C(=O)N3CC(=O)Nc4ccccc43)cc2)cc(=O)[nH]1. The van der Waals surface area contributed by atoms with Crippen molar-refractivity contribution in [1.82, 2.24) is 9.97 Å². The predicted octanol–water partition coefficient (Wildman–Crippen LogP) is 1.93. The standard InChI is InChI=1S/C21H17N5O4/c1-12-22-16(10-18(27)23-12)20(29)24-14-8-6-13(7-9-14)21(30)26-11-19(28)25-15-4-2-3-5-17(15)26/h2-10H,11H2,1H3,(H,24,29)(H,25,28)(H,22,23,27). The van der Waals surface area contributed by atoms with Gasteiger partial charge in [0.25, 0.3) is 17.4 Å². The third kappa shape index (κ3) is 3.81. The molecule has 0 aliphatic carbocycles. The smallest absolute Gasteiger partial charge is 0.274 e. The van der Waals surface area contributed by atoms with Crippen LogP contribution in [0.4, 0.5) is 17.1 Å². The molecule has 9 heteroatoms. The molecule has 0 saturated heterocycles. The summed E-state index contributed by atoms with van der Waals surface area (Å²) < 4.78 is 0. The molecular weight excluding hydrogens is 386 g/mol. The Hall–Kier alpha value is -4.27. The molecule has 2 aromatic carbocycles. The first-order valence-corrected chi connectivity index (χ1v) is 9.11. The zero-order chi connectivity index (χ0) is 21.3. The van der Waals surface area contributed by atoms with Crippen molar-refractivity contribution >= 4 is 34.8 Å². The molecule has 0 radical (unpaired) electrons. The van der Waals surface area contributed by atoms with E-state index in [1.54, 1.807) is 55.5 Å². The van der Waals surface area contributed by atoms with Crippen molar-refractivity contribution in [1.29, 1.82) is 0 Å². The van der Waals surface area contributed by atoms with Gasteiger partial charge in [-0.15, -0.1) is 0 Å². The lowest BCUT2D eigenvalue weighted by Gasteiger charge is -2.29. The van der Waals surface area contributed by atoms with E-state index < -0.39 is 11.5 Å². The Bertz CT molecular complexity index is 1220. The number of aryl methyl sites for hydroxylation is 1. The molecule has 1 aliphatic heterocycles. The van der Waals surface area contributed by atoms with Gasteiger partial charge in [0.2, 0.25) is 5.91 Å². The maximum Gasteiger partial charge on any atom is 0.274 e. The number of rotatable bonds is 3. The molecular formula is C21H17N5O4. The molecule has 0 fully saturated rings. The maximum atomic E-state index is 12.9. The van der Waals surface area contributed by atoms with Gasteiger partial charge in [-0.25, -0.2) is 4.98 Å². The number of hydrogen-bond acceptors (Lipinski definition) is 5. The molecule has 9 nitrogen and oxygen atoms in total. The molecule has 3 amide bonds. The number of aromatic amines is 1. The first kappa shape index (κ1) is 19.1. The predicted molar refractivity (Wildman–Crippen MR) is 111 cm³/mol. The molecule has 3 N–H and O–H groups in total. The van der Waals surface area contributed by atoms with Crippen LogP contribution in [-0.2, 0) is 4.79 Å². The third-order valence-electron chi connectivity index (χ3n) is 4.50. The third-order valence-corrected chi connectivity index (χ3v) is 4.50. The Labute approximate surface area is 170 Å². The molecule has 1 aliphatic rings. The number of fused-ring (bicyclic) bond motifs is 1. The number of nitrogens with one attached hydrogen (secondary N) is 3. The fraction of sp³-hybridized carbons (Fsp3) is 0.0952. The van der Waals surface area contributed by atoms with E-state index >= 15 is 0 Å². The van der Waals surface area contributed by atoms with E-state index in [-0.39, 0.29) is 24.1 Å². The average molecular weight is 403 g/mol. The molecule has 2 heterocycles. The van der Waals surface area contributed by atoms with Gasteiger partial charge in [0.15, 0.2) is 0 Å². The number of hydrogen-bond donors (Lipinski definition) is 3. The van der Waals surface area contributed by atoms with Crippen LogP contribution in [0.3, 0.4) is 0 Å². The van der Waals surface area contributed by atoms with E-state index in [9.17, 15) is 19.2 Å². The van der Waals surface area contributed by atoms with Crippen molar-refractivity contribution in [3.63, 3.8) is 0 Å². The van der Waals surface area contributed by atoms with Crippen LogP contribution >= 0.6 is 0 Å². The van der Waals surface area contributed by atoms with Crippen molar-refractivity contribution in [2.45, 2.75) is 6.92 Å². The summed E-state index contributed by atoms with van der Waals surface area (Å²) in [6, 6.07) is 14.4. The summed E-state index contributed by atoms with van der Waals surface area (Å²) in [5, 5.41) is 5.38. The topological polar surface area (TPSA) is 124 Å². The minimum Gasteiger partial charge on any atom is -0.323 e. The highest BCUT2D eigenvalue weighted by Crippen LogP contribution is 2.30. The number of nitrogens with zero attached hydrogens (tertiary/aromatic N) is 2. The monoisotopic (exact) mass is 403 g/mol. The number of anilines is 3. The summed E-state index contributed by atoms with van der Waals surface area (Å²) in [7, 11) is 0. The molecule has 150 valence electrons. The van der Waals surface area contributed by atoms with Crippen molar-refractivity contribution in [2.24, 2.45) is 0 Å². The first-order valence-electron chi connectivity index (χ1n) is 9.11. The molecule has 0 bridgehead atoms. The molecule has 0 unspecified atom stereocenters. The van der Waals surface area contributed by atoms with Crippen molar-refractivity contribution < 1.29 is 14.4 Å². The second-order valence-electron chi connectivity index (χ2n) is 6.70. The van der Waals surface area contributed by atoms with Crippen LogP contribution < -0.4 is 21.1 Å². The highest BCUT2D eigenvalue weighted by Gasteiger charge is 2.27. The Balaban J connectivity index is 1.52. The van der Waals surface area contributed by atoms with Gasteiger partial charge in [-0.05, 0) is 43.3 Å². The first-order chi connectivity index (χ1) is 14.4. The van der Waals surface area contributed by atoms with Gasteiger partial charge < -0.3 is 15.6 Å². The van der Waals surface area contributed by atoms with E-state index in [0.717, 1.165) is 6.07 Å². The summed E-state index contributed by atoms with van der Waals surface area (Å²) in [5.41, 5.74) is 1.57. The number of carbonyl (C=O) groups is 3. The summed E-state index contributed by atoms with van der Waals surface area (Å²) in [5.74, 6) is -0.807. The largest absolute Gasteiger partial charge is 0.323 e. The Morgan fingerprint density at radius 3 is 2.53 bits per heavy atom. The maximum absolute atomic E-state index is 12.9. The van der Waals surface area contributed by atoms with Gasteiger partial charge in [0, 0.05) is 17.3 Å². The van der Waals surface area contributed by atoms with Gasteiger partial charge in [0.1, 0.15) is 18.1 Å². The molecule has 0 saturated carbocycles. The van der Waals surface area contributed by atoms with Crippen molar-refractivity contribution in [3.8, 4) is 0 Å². The number of amides is 3. The lowest BCUT2D eigenvalue weighted by molar-refractivity contribution is -0.115. The number of carbonyl (C=O) groups excluding carboxylic acids is 3. The van der Waals surface area contributed by atoms with Crippen LogP contribution in [0.1, 0.15) is 26.7 Å². The zero-order valence-electron chi connectivity index (χ0n) is 15.9. The van der Waals surface area contributed by atoms with Gasteiger partial charge in [-0.3, -0.25) is 24.1 Å².